The van der Waals surface area contributed by atoms with Crippen LogP contribution in [0.1, 0.15) is 24.1 Å². The molecule has 2 aromatic rings. The summed E-state index contributed by atoms with van der Waals surface area (Å²) >= 11 is 0. The molecule has 0 spiro atoms. The predicted octanol–water partition coefficient (Wildman–Crippen LogP) is 2.93. The van der Waals surface area contributed by atoms with Crippen molar-refractivity contribution in [1.82, 2.24) is 9.88 Å². The second-order valence-corrected chi connectivity index (χ2v) is 4.87. The lowest BCUT2D eigenvalue weighted by Crippen LogP contribution is -2.18. The van der Waals surface area contributed by atoms with Crippen LogP contribution in [-0.2, 0) is 13.1 Å². The minimum absolute atomic E-state index is 0.132. The molecule has 0 radical (unpaired) electrons. The van der Waals surface area contributed by atoms with Crippen LogP contribution in [-0.4, -0.2) is 10.6 Å². The third-order valence-corrected chi connectivity index (χ3v) is 3.37. The zero-order valence-corrected chi connectivity index (χ0v) is 10.3. The monoisotopic (exact) mass is 244 g/mol. The van der Waals surface area contributed by atoms with Gasteiger partial charge in [0.25, 0.3) is 0 Å². The first-order valence-electron chi connectivity index (χ1n) is 6.44. The summed E-state index contributed by atoms with van der Waals surface area (Å²) in [6, 6.07) is 11.8. The Hall–Kier alpha value is -1.61. The van der Waals surface area contributed by atoms with Crippen molar-refractivity contribution in [3.63, 3.8) is 0 Å². The van der Waals surface area contributed by atoms with Crippen molar-refractivity contribution in [3.05, 3.63) is 59.7 Å². The molecular weight excluding hydrogens is 227 g/mol. The molecule has 1 aromatic carbocycles. The van der Waals surface area contributed by atoms with Crippen molar-refractivity contribution in [3.8, 4) is 0 Å². The highest BCUT2D eigenvalue weighted by molar-refractivity contribution is 5.19. The minimum atomic E-state index is -0.132. The maximum atomic E-state index is 13.6. The average molecular weight is 244 g/mol. The second-order valence-electron chi connectivity index (χ2n) is 4.87. The van der Waals surface area contributed by atoms with Gasteiger partial charge in [0.05, 0.1) is 6.54 Å². The molecule has 0 aliphatic heterocycles. The number of aromatic nitrogens is 1. The fourth-order valence-electron chi connectivity index (χ4n) is 2.11. The van der Waals surface area contributed by atoms with Crippen molar-refractivity contribution < 1.29 is 4.39 Å². The quantitative estimate of drug-likeness (QED) is 0.855. The van der Waals surface area contributed by atoms with Gasteiger partial charge in [0.1, 0.15) is 5.82 Å². The van der Waals surface area contributed by atoms with Crippen LogP contribution in [0.3, 0.4) is 0 Å². The molecule has 1 N–H and O–H groups in total. The fourth-order valence-corrected chi connectivity index (χ4v) is 2.11. The summed E-state index contributed by atoms with van der Waals surface area (Å²) in [5.74, 6) is -0.132. The van der Waals surface area contributed by atoms with Crippen LogP contribution < -0.4 is 5.32 Å². The van der Waals surface area contributed by atoms with Crippen LogP contribution in [0.4, 0.5) is 4.39 Å². The van der Waals surface area contributed by atoms with Gasteiger partial charge in [0.2, 0.25) is 0 Å². The topological polar surface area (TPSA) is 17.0 Å². The Morgan fingerprint density at radius 1 is 1.17 bits per heavy atom. The SMILES string of the molecule is Fc1ccccc1Cn1cccc1CNC1CC1. The van der Waals surface area contributed by atoms with Crippen molar-refractivity contribution in [1.29, 1.82) is 0 Å². The van der Waals surface area contributed by atoms with Crippen molar-refractivity contribution in [2.45, 2.75) is 32.0 Å². The van der Waals surface area contributed by atoms with Gasteiger partial charge in [0, 0.05) is 30.0 Å². The molecule has 2 nitrogen and oxygen atoms in total. The predicted molar refractivity (Wildman–Crippen MR) is 69.8 cm³/mol. The van der Waals surface area contributed by atoms with Gasteiger partial charge in [-0.25, -0.2) is 4.39 Å². The van der Waals surface area contributed by atoms with Crippen molar-refractivity contribution >= 4 is 0 Å². The molecule has 1 aliphatic rings. The van der Waals surface area contributed by atoms with Gasteiger partial charge in [-0.05, 0) is 31.0 Å². The van der Waals surface area contributed by atoms with Gasteiger partial charge in [-0.2, -0.15) is 0 Å². The molecule has 0 amide bonds. The third kappa shape index (κ3) is 2.62. The standard InChI is InChI=1S/C15H17FN2/c16-15-6-2-1-4-12(15)11-18-9-3-5-14(18)10-17-13-7-8-13/h1-6,9,13,17H,7-8,10-11H2. The van der Waals surface area contributed by atoms with E-state index < -0.39 is 0 Å². The maximum Gasteiger partial charge on any atom is 0.128 e. The van der Waals surface area contributed by atoms with Gasteiger partial charge in [-0.15, -0.1) is 0 Å². The van der Waals surface area contributed by atoms with Gasteiger partial charge in [-0.1, -0.05) is 18.2 Å². The number of nitrogens with one attached hydrogen (secondary N) is 1. The van der Waals surface area contributed by atoms with E-state index in [9.17, 15) is 4.39 Å². The highest BCUT2D eigenvalue weighted by Crippen LogP contribution is 2.19. The summed E-state index contributed by atoms with van der Waals surface area (Å²) in [7, 11) is 0. The Balaban J connectivity index is 1.71. The number of hydrogen-bond donors (Lipinski definition) is 1. The van der Waals surface area contributed by atoms with E-state index in [4.69, 9.17) is 0 Å². The lowest BCUT2D eigenvalue weighted by molar-refractivity contribution is 0.587. The number of hydrogen-bond acceptors (Lipinski definition) is 1. The molecule has 3 heteroatoms. The number of benzene rings is 1. The maximum absolute atomic E-state index is 13.6. The molecule has 0 bridgehead atoms. The van der Waals surface area contributed by atoms with Gasteiger partial charge in [0.15, 0.2) is 0 Å². The molecule has 1 heterocycles. The summed E-state index contributed by atoms with van der Waals surface area (Å²) in [4.78, 5) is 0. The molecule has 1 fully saturated rings. The number of nitrogens with zero attached hydrogens (tertiary/aromatic N) is 1. The molecule has 0 atom stereocenters. The molecule has 0 unspecified atom stereocenters. The lowest BCUT2D eigenvalue weighted by atomic mass is 10.2. The Bertz CT molecular complexity index is 529. The smallest absolute Gasteiger partial charge is 0.128 e. The van der Waals surface area contributed by atoms with Crippen molar-refractivity contribution in [2.24, 2.45) is 0 Å². The van der Waals surface area contributed by atoms with Crippen LogP contribution in [0.5, 0.6) is 0 Å². The molecule has 94 valence electrons. The summed E-state index contributed by atoms with van der Waals surface area (Å²) < 4.78 is 15.7. The molecular formula is C15H17FN2. The number of rotatable bonds is 5. The van der Waals surface area contributed by atoms with E-state index >= 15 is 0 Å². The Morgan fingerprint density at radius 3 is 2.78 bits per heavy atom. The first kappa shape index (κ1) is 11.5. The molecule has 1 aliphatic carbocycles. The fraction of sp³-hybridized carbons (Fsp3) is 0.333. The van der Waals surface area contributed by atoms with E-state index in [1.807, 2.05) is 24.4 Å². The van der Waals surface area contributed by atoms with Gasteiger partial charge in [-0.3, -0.25) is 0 Å². The van der Waals surface area contributed by atoms with E-state index in [1.165, 1.54) is 24.6 Å². The summed E-state index contributed by atoms with van der Waals surface area (Å²) in [5.41, 5.74) is 1.95. The molecule has 0 saturated heterocycles. The van der Waals surface area contributed by atoms with E-state index in [0.29, 0.717) is 12.6 Å². The van der Waals surface area contributed by atoms with Crippen LogP contribution in [0.2, 0.25) is 0 Å². The molecule has 1 saturated carbocycles. The van der Waals surface area contributed by atoms with Crippen LogP contribution in [0.15, 0.2) is 42.6 Å². The van der Waals surface area contributed by atoms with Crippen molar-refractivity contribution in [2.75, 3.05) is 0 Å². The number of halogens is 1. The summed E-state index contributed by atoms with van der Waals surface area (Å²) in [6.07, 6.45) is 4.58. The van der Waals surface area contributed by atoms with Gasteiger partial charge >= 0.3 is 0 Å². The largest absolute Gasteiger partial charge is 0.346 e. The molecule has 1 aromatic heterocycles. The van der Waals surface area contributed by atoms with Crippen LogP contribution >= 0.6 is 0 Å². The Morgan fingerprint density at radius 2 is 2.00 bits per heavy atom. The Labute approximate surface area is 106 Å². The van der Waals surface area contributed by atoms with Gasteiger partial charge < -0.3 is 9.88 Å². The van der Waals surface area contributed by atoms with Crippen LogP contribution in [0.25, 0.3) is 0 Å². The molecule has 18 heavy (non-hydrogen) atoms. The zero-order chi connectivity index (χ0) is 12.4. The van der Waals surface area contributed by atoms with Crippen LogP contribution in [0, 0.1) is 5.82 Å². The first-order chi connectivity index (χ1) is 8.83. The third-order valence-electron chi connectivity index (χ3n) is 3.37. The second kappa shape index (κ2) is 4.94. The van der Waals surface area contributed by atoms with E-state index in [0.717, 1.165) is 12.1 Å². The average Bonchev–Trinajstić information content (AvgIpc) is 3.10. The Kier molecular flexibility index (Phi) is 3.15. The van der Waals surface area contributed by atoms with E-state index in [2.05, 4.69) is 16.0 Å². The highest BCUT2D eigenvalue weighted by atomic mass is 19.1. The summed E-state index contributed by atoms with van der Waals surface area (Å²) in [6.45, 7) is 1.47. The highest BCUT2D eigenvalue weighted by Gasteiger charge is 2.20. The lowest BCUT2D eigenvalue weighted by Gasteiger charge is -2.10. The zero-order valence-electron chi connectivity index (χ0n) is 10.3. The van der Waals surface area contributed by atoms with E-state index in [-0.39, 0.29) is 5.82 Å². The minimum Gasteiger partial charge on any atom is -0.346 e. The van der Waals surface area contributed by atoms with E-state index in [1.54, 1.807) is 6.07 Å². The first-order valence-corrected chi connectivity index (χ1v) is 6.44. The summed E-state index contributed by atoms with van der Waals surface area (Å²) in [5, 5.41) is 3.49. The normalized spacial score (nSPS) is 14.9. The molecule has 3 rings (SSSR count).